The van der Waals surface area contributed by atoms with Crippen molar-refractivity contribution in [2.75, 3.05) is 0 Å². The van der Waals surface area contributed by atoms with Crippen molar-refractivity contribution in [2.24, 2.45) is 39.9 Å². The van der Waals surface area contributed by atoms with Crippen molar-refractivity contribution < 1.29 is 0 Å². The van der Waals surface area contributed by atoms with Gasteiger partial charge >= 0.3 is 0 Å². The first-order valence-electron chi connectivity index (χ1n) is 10.1. The predicted octanol–water partition coefficient (Wildman–Crippen LogP) is 7.00. The summed E-state index contributed by atoms with van der Waals surface area (Å²) in [5.41, 5.74) is 1.60. The zero-order valence-corrected chi connectivity index (χ0v) is 17.2. The lowest BCUT2D eigenvalue weighted by atomic mass is 9.68. The highest BCUT2D eigenvalue weighted by molar-refractivity contribution is 5.12. The van der Waals surface area contributed by atoms with Crippen LogP contribution in [0.3, 0.4) is 0 Å². The SMILES string of the molecule is CC(C)C12CCC(C)(CC1)C2.CC(C)C1C=CC(C)(C)C(C#N)C1. The molecule has 24 heavy (non-hydrogen) atoms. The molecular weight excluding hydrogens is 290 g/mol. The van der Waals surface area contributed by atoms with Crippen LogP contribution in [0, 0.1) is 51.2 Å². The zero-order valence-electron chi connectivity index (χ0n) is 17.2. The van der Waals surface area contributed by atoms with Gasteiger partial charge in [0.2, 0.25) is 0 Å². The van der Waals surface area contributed by atoms with Gasteiger partial charge in [0.1, 0.15) is 0 Å². The number of nitriles is 1. The summed E-state index contributed by atoms with van der Waals surface area (Å²) in [7, 11) is 0. The minimum absolute atomic E-state index is 0.0696. The molecule has 0 aromatic rings. The summed E-state index contributed by atoms with van der Waals surface area (Å²) in [4.78, 5) is 0. The van der Waals surface area contributed by atoms with Crippen LogP contribution in [0.4, 0.5) is 0 Å². The molecule has 2 saturated carbocycles. The molecule has 2 unspecified atom stereocenters. The van der Waals surface area contributed by atoms with E-state index in [0.717, 1.165) is 23.2 Å². The van der Waals surface area contributed by atoms with Crippen LogP contribution in [0.2, 0.25) is 0 Å². The topological polar surface area (TPSA) is 23.8 Å². The lowest BCUT2D eigenvalue weighted by Crippen LogP contribution is -2.28. The normalized spacial score (nSPS) is 39.7. The highest BCUT2D eigenvalue weighted by atomic mass is 14.6. The second kappa shape index (κ2) is 6.86. The molecule has 0 heterocycles. The van der Waals surface area contributed by atoms with E-state index in [1.807, 2.05) is 0 Å². The first kappa shape index (κ1) is 19.6. The van der Waals surface area contributed by atoms with Crippen LogP contribution in [-0.4, -0.2) is 0 Å². The molecule has 1 nitrogen and oxygen atoms in total. The number of allylic oxidation sites excluding steroid dienone is 2. The quantitative estimate of drug-likeness (QED) is 0.500. The highest BCUT2D eigenvalue weighted by Gasteiger charge is 2.52. The summed E-state index contributed by atoms with van der Waals surface area (Å²) in [5.74, 6) is 2.36. The van der Waals surface area contributed by atoms with E-state index in [4.69, 9.17) is 5.26 Å². The van der Waals surface area contributed by atoms with Gasteiger partial charge in [0.25, 0.3) is 0 Å². The lowest BCUT2D eigenvalue weighted by molar-refractivity contribution is 0.199. The fraction of sp³-hybridized carbons (Fsp3) is 0.870. The van der Waals surface area contributed by atoms with Gasteiger partial charge in [0.15, 0.2) is 0 Å². The van der Waals surface area contributed by atoms with Gasteiger partial charge in [-0.05, 0) is 72.5 Å². The van der Waals surface area contributed by atoms with E-state index in [-0.39, 0.29) is 11.3 Å². The van der Waals surface area contributed by atoms with E-state index in [0.29, 0.717) is 11.8 Å². The van der Waals surface area contributed by atoms with Crippen molar-refractivity contribution in [3.8, 4) is 6.07 Å². The standard InChI is InChI=1S/C12H19N.C11H20/c1-9(2)10-5-6-12(3,4)11(7-10)8-13;1-9(2)11-6-4-10(3,8-11)5-7-11/h5-6,9-11H,7H2,1-4H3;9H,4-8H2,1-3H3. The Bertz CT molecular complexity index is 495. The molecule has 0 spiro atoms. The van der Waals surface area contributed by atoms with Crippen molar-refractivity contribution in [1.29, 1.82) is 5.26 Å². The van der Waals surface area contributed by atoms with Crippen LogP contribution in [-0.2, 0) is 0 Å². The molecule has 3 aliphatic rings. The smallest absolute Gasteiger partial charge is 0.0664 e. The summed E-state index contributed by atoms with van der Waals surface area (Å²) in [6, 6.07) is 2.43. The molecule has 3 rings (SSSR count). The van der Waals surface area contributed by atoms with Crippen LogP contribution < -0.4 is 0 Å². The van der Waals surface area contributed by atoms with Gasteiger partial charge in [-0.25, -0.2) is 0 Å². The Morgan fingerprint density at radius 3 is 1.92 bits per heavy atom. The highest BCUT2D eigenvalue weighted by Crippen LogP contribution is 2.64. The van der Waals surface area contributed by atoms with E-state index < -0.39 is 0 Å². The largest absolute Gasteiger partial charge is 0.198 e. The minimum atomic E-state index is 0.0696. The molecule has 2 bridgehead atoms. The van der Waals surface area contributed by atoms with Crippen molar-refractivity contribution >= 4 is 0 Å². The predicted molar refractivity (Wildman–Crippen MR) is 103 cm³/mol. The maximum atomic E-state index is 9.04. The van der Waals surface area contributed by atoms with Gasteiger partial charge in [-0.3, -0.25) is 0 Å². The van der Waals surface area contributed by atoms with E-state index in [9.17, 15) is 0 Å². The van der Waals surface area contributed by atoms with Gasteiger partial charge in [0, 0.05) is 0 Å². The Labute approximate surface area is 150 Å². The molecule has 0 N–H and O–H groups in total. The summed E-state index contributed by atoms with van der Waals surface area (Å²) in [6.07, 6.45) is 13.1. The van der Waals surface area contributed by atoms with Gasteiger partial charge < -0.3 is 0 Å². The minimum Gasteiger partial charge on any atom is -0.198 e. The Hall–Kier alpha value is -0.770. The first-order valence-corrected chi connectivity index (χ1v) is 10.1. The summed E-state index contributed by atoms with van der Waals surface area (Å²) >= 11 is 0. The fourth-order valence-corrected chi connectivity index (χ4v) is 5.19. The number of nitrogens with zero attached hydrogens (tertiary/aromatic N) is 1. The Balaban J connectivity index is 0.000000175. The molecule has 0 aliphatic heterocycles. The van der Waals surface area contributed by atoms with Gasteiger partial charge in [-0.15, -0.1) is 0 Å². The number of hydrogen-bond donors (Lipinski definition) is 0. The molecule has 3 aliphatic carbocycles. The van der Waals surface area contributed by atoms with E-state index >= 15 is 0 Å². The van der Waals surface area contributed by atoms with Crippen molar-refractivity contribution in [3.05, 3.63) is 12.2 Å². The van der Waals surface area contributed by atoms with Gasteiger partial charge in [-0.1, -0.05) is 60.6 Å². The van der Waals surface area contributed by atoms with Crippen molar-refractivity contribution in [3.63, 3.8) is 0 Å². The van der Waals surface area contributed by atoms with E-state index in [1.54, 1.807) is 0 Å². The molecule has 2 fully saturated rings. The Morgan fingerprint density at radius 1 is 1.00 bits per heavy atom. The van der Waals surface area contributed by atoms with Crippen molar-refractivity contribution in [1.82, 2.24) is 0 Å². The van der Waals surface area contributed by atoms with E-state index in [2.05, 4.69) is 66.7 Å². The van der Waals surface area contributed by atoms with Gasteiger partial charge in [0.05, 0.1) is 12.0 Å². The molecule has 2 atom stereocenters. The van der Waals surface area contributed by atoms with Crippen LogP contribution in [0.25, 0.3) is 0 Å². The third-order valence-corrected chi connectivity index (χ3v) is 7.65. The maximum absolute atomic E-state index is 9.04. The monoisotopic (exact) mass is 329 g/mol. The van der Waals surface area contributed by atoms with Crippen LogP contribution >= 0.6 is 0 Å². The number of hydrogen-bond acceptors (Lipinski definition) is 1. The van der Waals surface area contributed by atoms with Gasteiger partial charge in [-0.2, -0.15) is 5.26 Å². The Morgan fingerprint density at radius 2 is 1.58 bits per heavy atom. The summed E-state index contributed by atoms with van der Waals surface area (Å²) in [5, 5.41) is 9.04. The number of fused-ring (bicyclic) bond motifs is 2. The molecule has 0 aromatic carbocycles. The molecule has 1 heteroatoms. The third kappa shape index (κ3) is 3.89. The Kier molecular flexibility index (Phi) is 5.59. The molecule has 0 radical (unpaired) electrons. The van der Waals surface area contributed by atoms with E-state index in [1.165, 1.54) is 32.1 Å². The third-order valence-electron chi connectivity index (χ3n) is 7.65. The molecule has 0 saturated heterocycles. The second-order valence-electron chi connectivity index (χ2n) is 10.5. The molecule has 0 amide bonds. The molecule has 136 valence electrons. The molecular formula is C23H39N. The second-order valence-corrected chi connectivity index (χ2v) is 10.5. The van der Waals surface area contributed by atoms with Crippen LogP contribution in [0.15, 0.2) is 12.2 Å². The molecule has 0 aromatic heterocycles. The number of rotatable bonds is 2. The first-order chi connectivity index (χ1) is 11.0. The van der Waals surface area contributed by atoms with Crippen LogP contribution in [0.5, 0.6) is 0 Å². The zero-order chi connectivity index (χ0) is 18.2. The van der Waals surface area contributed by atoms with Crippen LogP contribution in [0.1, 0.15) is 87.0 Å². The summed E-state index contributed by atoms with van der Waals surface area (Å²) < 4.78 is 0. The fourth-order valence-electron chi connectivity index (χ4n) is 5.19. The maximum Gasteiger partial charge on any atom is 0.0664 e. The average Bonchev–Trinajstić information content (AvgIpc) is 3.02. The summed E-state index contributed by atoms with van der Waals surface area (Å²) in [6.45, 7) is 16.1. The lowest BCUT2D eigenvalue weighted by Gasteiger charge is -2.34. The average molecular weight is 330 g/mol. The van der Waals surface area contributed by atoms with Crippen molar-refractivity contribution in [2.45, 2.75) is 87.0 Å².